The molecule has 41 heavy (non-hydrogen) atoms. The Morgan fingerprint density at radius 2 is 1.49 bits per heavy atom. The molecule has 0 aliphatic heterocycles. The quantitative estimate of drug-likeness (QED) is 0.152. The Bertz CT molecular complexity index is 1010. The highest BCUT2D eigenvalue weighted by Crippen LogP contribution is 2.25. The van der Waals surface area contributed by atoms with Gasteiger partial charge < -0.3 is 37.3 Å². The van der Waals surface area contributed by atoms with Crippen LogP contribution in [0.3, 0.4) is 0 Å². The number of carbonyl (C=O) groups is 5. The van der Waals surface area contributed by atoms with E-state index in [1.165, 1.54) is 0 Å². The Hall–Kier alpha value is -3.51. The number of ether oxygens (including phenoxy) is 1. The van der Waals surface area contributed by atoms with Gasteiger partial charge in [-0.05, 0) is 43.1 Å². The molecule has 1 aliphatic rings. The van der Waals surface area contributed by atoms with Crippen molar-refractivity contribution < 1.29 is 33.8 Å². The monoisotopic (exact) mass is 575 g/mol. The standard InChI is InChI=1S/C29H45N5O7/c1-18(2)15-22(29(40)41-17-19-9-5-3-6-10-19)33-27(38)23(16-35)34-26(37)21(13-14-24(30)36)32-28(39)25(31)20-11-7-4-8-12-20/h3,5-6,9-10,18,20-23,25,35H,4,7-8,11-17,31H2,1-2H3,(H2,30,36)(H,32,39)(H,33,38)(H,34,37)/t21-,22-,23-,25-/m0/s1. The number of benzene rings is 1. The first-order valence-corrected chi connectivity index (χ1v) is 14.3. The predicted molar refractivity (Wildman–Crippen MR) is 152 cm³/mol. The summed E-state index contributed by atoms with van der Waals surface area (Å²) in [5, 5.41) is 17.5. The molecule has 1 fully saturated rings. The topological polar surface area (TPSA) is 203 Å². The first-order valence-electron chi connectivity index (χ1n) is 14.3. The molecule has 2 rings (SSSR count). The van der Waals surface area contributed by atoms with Gasteiger partial charge in [0.05, 0.1) is 12.6 Å². The maximum absolute atomic E-state index is 13.1. The molecule has 1 aromatic rings. The molecule has 1 saturated carbocycles. The zero-order chi connectivity index (χ0) is 30.4. The van der Waals surface area contributed by atoms with Crippen LogP contribution in [-0.2, 0) is 35.3 Å². The summed E-state index contributed by atoms with van der Waals surface area (Å²) in [5.41, 5.74) is 12.2. The van der Waals surface area contributed by atoms with Crippen LogP contribution in [0.5, 0.6) is 0 Å². The SMILES string of the molecule is CC(C)C[C@H](NC(=O)[C@H](CO)NC(=O)[C@H](CCC(N)=O)NC(=O)[C@@H](N)C1CCCCC1)C(=O)OCc1ccccc1. The van der Waals surface area contributed by atoms with Gasteiger partial charge in [0, 0.05) is 6.42 Å². The minimum Gasteiger partial charge on any atom is -0.459 e. The van der Waals surface area contributed by atoms with Crippen LogP contribution in [0, 0.1) is 11.8 Å². The van der Waals surface area contributed by atoms with Crippen molar-refractivity contribution in [2.24, 2.45) is 23.3 Å². The zero-order valence-corrected chi connectivity index (χ0v) is 24.0. The molecule has 8 N–H and O–H groups in total. The van der Waals surface area contributed by atoms with E-state index in [1.54, 1.807) is 12.1 Å². The van der Waals surface area contributed by atoms with Gasteiger partial charge >= 0.3 is 5.97 Å². The minimum absolute atomic E-state index is 0.0147. The Balaban J connectivity index is 2.05. The second-order valence-corrected chi connectivity index (χ2v) is 11.0. The van der Waals surface area contributed by atoms with Gasteiger partial charge in [-0.15, -0.1) is 0 Å². The van der Waals surface area contributed by atoms with Gasteiger partial charge in [0.2, 0.25) is 23.6 Å². The van der Waals surface area contributed by atoms with Gasteiger partial charge in [-0.1, -0.05) is 63.4 Å². The number of amides is 4. The molecule has 0 heterocycles. The second kappa shape index (κ2) is 17.3. The summed E-state index contributed by atoms with van der Waals surface area (Å²) in [6.07, 6.45) is 4.60. The lowest BCUT2D eigenvalue weighted by atomic mass is 9.84. The number of aliphatic hydroxyl groups is 1. The van der Waals surface area contributed by atoms with Gasteiger partial charge in [-0.25, -0.2) is 4.79 Å². The number of aliphatic hydroxyl groups excluding tert-OH is 1. The molecule has 12 nitrogen and oxygen atoms in total. The highest BCUT2D eigenvalue weighted by molar-refractivity contribution is 5.94. The smallest absolute Gasteiger partial charge is 0.328 e. The first-order chi connectivity index (χ1) is 19.5. The number of hydrogen-bond donors (Lipinski definition) is 6. The molecule has 0 unspecified atom stereocenters. The van der Waals surface area contributed by atoms with Crippen LogP contribution in [-0.4, -0.2) is 65.5 Å². The summed E-state index contributed by atoms with van der Waals surface area (Å²) in [4.78, 5) is 63.2. The average molecular weight is 576 g/mol. The minimum atomic E-state index is -1.43. The first kappa shape index (κ1) is 33.7. The molecule has 0 radical (unpaired) electrons. The van der Waals surface area contributed by atoms with Crippen molar-refractivity contribution in [1.29, 1.82) is 0 Å². The Morgan fingerprint density at radius 3 is 2.07 bits per heavy atom. The lowest BCUT2D eigenvalue weighted by molar-refractivity contribution is -0.150. The lowest BCUT2D eigenvalue weighted by Gasteiger charge is -2.29. The number of esters is 1. The molecule has 228 valence electrons. The fourth-order valence-electron chi connectivity index (χ4n) is 4.78. The van der Waals surface area contributed by atoms with Crippen LogP contribution in [0.2, 0.25) is 0 Å². The van der Waals surface area contributed by atoms with Crippen molar-refractivity contribution in [3.05, 3.63) is 35.9 Å². The summed E-state index contributed by atoms with van der Waals surface area (Å²) in [7, 11) is 0. The molecule has 4 atom stereocenters. The number of hydrogen-bond acceptors (Lipinski definition) is 8. The van der Waals surface area contributed by atoms with Gasteiger partial charge in [-0.2, -0.15) is 0 Å². The van der Waals surface area contributed by atoms with Crippen LogP contribution in [0.1, 0.15) is 70.8 Å². The number of nitrogens with two attached hydrogens (primary N) is 2. The largest absolute Gasteiger partial charge is 0.459 e. The summed E-state index contributed by atoms with van der Waals surface area (Å²) < 4.78 is 5.39. The molecule has 12 heteroatoms. The van der Waals surface area contributed by atoms with Crippen molar-refractivity contribution in [1.82, 2.24) is 16.0 Å². The molecule has 1 aliphatic carbocycles. The highest BCUT2D eigenvalue weighted by atomic mass is 16.5. The lowest BCUT2D eigenvalue weighted by Crippen LogP contribution is -2.58. The molecular formula is C29H45N5O7. The maximum Gasteiger partial charge on any atom is 0.328 e. The maximum atomic E-state index is 13.1. The van der Waals surface area contributed by atoms with Gasteiger partial charge in [0.15, 0.2) is 0 Å². The van der Waals surface area contributed by atoms with Crippen LogP contribution in [0.25, 0.3) is 0 Å². The molecule has 0 aromatic heterocycles. The van der Waals surface area contributed by atoms with E-state index >= 15 is 0 Å². The molecular weight excluding hydrogens is 530 g/mol. The normalized spacial score (nSPS) is 16.6. The predicted octanol–water partition coefficient (Wildman–Crippen LogP) is 0.396. The van der Waals surface area contributed by atoms with E-state index in [4.69, 9.17) is 16.2 Å². The van der Waals surface area contributed by atoms with Crippen molar-refractivity contribution >= 4 is 29.6 Å². The van der Waals surface area contributed by atoms with E-state index < -0.39 is 60.4 Å². The van der Waals surface area contributed by atoms with E-state index in [0.717, 1.165) is 37.7 Å². The molecule has 0 saturated heterocycles. The average Bonchev–Trinajstić information content (AvgIpc) is 2.96. The summed E-state index contributed by atoms with van der Waals surface area (Å²) in [5.74, 6) is -3.45. The number of nitrogens with one attached hydrogen (secondary N) is 3. The number of rotatable bonds is 16. The van der Waals surface area contributed by atoms with Crippen LogP contribution in [0.4, 0.5) is 0 Å². The summed E-state index contributed by atoms with van der Waals surface area (Å²) in [6, 6.07) is 4.58. The fraction of sp³-hybridized carbons (Fsp3) is 0.621. The molecule has 0 bridgehead atoms. The third-order valence-corrected chi connectivity index (χ3v) is 7.12. The van der Waals surface area contributed by atoms with E-state index in [9.17, 15) is 29.1 Å². The van der Waals surface area contributed by atoms with Crippen LogP contribution in [0.15, 0.2) is 30.3 Å². The van der Waals surface area contributed by atoms with Gasteiger partial charge in [0.1, 0.15) is 24.7 Å². The van der Waals surface area contributed by atoms with E-state index in [1.807, 2.05) is 32.0 Å². The van der Waals surface area contributed by atoms with Gasteiger partial charge in [0.25, 0.3) is 0 Å². The van der Waals surface area contributed by atoms with Crippen LogP contribution < -0.4 is 27.4 Å². The van der Waals surface area contributed by atoms with Crippen molar-refractivity contribution in [2.75, 3.05) is 6.61 Å². The Labute approximate surface area is 241 Å². The Morgan fingerprint density at radius 1 is 0.902 bits per heavy atom. The second-order valence-electron chi connectivity index (χ2n) is 11.0. The molecule has 0 spiro atoms. The molecule has 1 aromatic carbocycles. The van der Waals surface area contributed by atoms with E-state index in [-0.39, 0.29) is 37.7 Å². The number of primary amides is 1. The molecule has 4 amide bonds. The summed E-state index contributed by atoms with van der Waals surface area (Å²) in [6.45, 7) is 3.00. The third kappa shape index (κ3) is 11.9. The summed E-state index contributed by atoms with van der Waals surface area (Å²) >= 11 is 0. The van der Waals surface area contributed by atoms with E-state index in [0.29, 0.717) is 0 Å². The fourth-order valence-corrected chi connectivity index (χ4v) is 4.78. The van der Waals surface area contributed by atoms with Crippen molar-refractivity contribution in [3.8, 4) is 0 Å². The number of carbonyl (C=O) groups excluding carboxylic acids is 5. The van der Waals surface area contributed by atoms with E-state index in [2.05, 4.69) is 16.0 Å². The van der Waals surface area contributed by atoms with Crippen molar-refractivity contribution in [3.63, 3.8) is 0 Å². The third-order valence-electron chi connectivity index (χ3n) is 7.12. The van der Waals surface area contributed by atoms with Gasteiger partial charge in [-0.3, -0.25) is 19.2 Å². The zero-order valence-electron chi connectivity index (χ0n) is 24.0. The van der Waals surface area contributed by atoms with Crippen LogP contribution >= 0.6 is 0 Å². The Kier molecular flexibility index (Phi) is 14.2. The highest BCUT2D eigenvalue weighted by Gasteiger charge is 2.33. The van der Waals surface area contributed by atoms with Crippen molar-refractivity contribution in [2.45, 2.75) is 96.0 Å².